The molecule has 2 aromatic heterocycles. The second-order valence-corrected chi connectivity index (χ2v) is 5.77. The molecule has 2 N–H and O–H groups in total. The van der Waals surface area contributed by atoms with E-state index in [1.165, 1.54) is 0 Å². The number of fused-ring (bicyclic) bond motifs is 1. The molecule has 3 heterocycles. The van der Waals surface area contributed by atoms with Gasteiger partial charge >= 0.3 is 0 Å². The van der Waals surface area contributed by atoms with Crippen LogP contribution >= 0.6 is 0 Å². The van der Waals surface area contributed by atoms with Gasteiger partial charge in [0.05, 0.1) is 12.5 Å². The zero-order valence-electron chi connectivity index (χ0n) is 13.2. The third-order valence-corrected chi connectivity index (χ3v) is 4.17. The summed E-state index contributed by atoms with van der Waals surface area (Å²) in [6, 6.07) is 5.47. The molecule has 0 aromatic carbocycles. The van der Waals surface area contributed by atoms with Gasteiger partial charge in [0.1, 0.15) is 5.65 Å². The molecule has 1 aliphatic heterocycles. The second kappa shape index (κ2) is 6.78. The summed E-state index contributed by atoms with van der Waals surface area (Å²) >= 11 is 0. The van der Waals surface area contributed by atoms with Crippen LogP contribution in [0.2, 0.25) is 0 Å². The minimum atomic E-state index is -0.375. The molecule has 1 saturated heterocycles. The summed E-state index contributed by atoms with van der Waals surface area (Å²) in [5.74, 6) is -0.177. The van der Waals surface area contributed by atoms with Crippen LogP contribution in [0.5, 0.6) is 0 Å². The van der Waals surface area contributed by atoms with Gasteiger partial charge in [0.2, 0.25) is 11.8 Å². The lowest BCUT2D eigenvalue weighted by atomic mass is 10.1. The normalized spacial score (nSPS) is 18.8. The van der Waals surface area contributed by atoms with Crippen molar-refractivity contribution in [3.63, 3.8) is 0 Å². The molecule has 7 heteroatoms. The van der Waals surface area contributed by atoms with Gasteiger partial charge in [0.25, 0.3) is 0 Å². The zero-order chi connectivity index (χ0) is 16.2. The first kappa shape index (κ1) is 15.5. The molecule has 0 saturated carbocycles. The molecule has 1 atom stereocenters. The summed E-state index contributed by atoms with van der Waals surface area (Å²) in [5, 5.41) is 5.68. The van der Waals surface area contributed by atoms with Crippen LogP contribution in [0.25, 0.3) is 5.65 Å². The van der Waals surface area contributed by atoms with Gasteiger partial charge in [-0.15, -0.1) is 0 Å². The summed E-state index contributed by atoms with van der Waals surface area (Å²) in [5.41, 5.74) is 1.95. The number of carbonyl (C=O) groups excluding carboxylic acids is 2. The van der Waals surface area contributed by atoms with Crippen LogP contribution in [0, 0.1) is 0 Å². The molecular weight excluding hydrogens is 294 g/mol. The molecule has 23 heavy (non-hydrogen) atoms. The van der Waals surface area contributed by atoms with Crippen molar-refractivity contribution < 1.29 is 9.59 Å². The summed E-state index contributed by atoms with van der Waals surface area (Å²) in [7, 11) is 1.87. The fourth-order valence-corrected chi connectivity index (χ4v) is 2.83. The van der Waals surface area contributed by atoms with E-state index in [0.717, 1.165) is 17.9 Å². The number of amides is 2. The molecule has 2 amide bonds. The van der Waals surface area contributed by atoms with Gasteiger partial charge in [0.15, 0.2) is 0 Å². The lowest BCUT2D eigenvalue weighted by molar-refractivity contribution is -0.133. The summed E-state index contributed by atoms with van der Waals surface area (Å²) in [6.07, 6.45) is 4.67. The number of hydrogen-bond donors (Lipinski definition) is 2. The van der Waals surface area contributed by atoms with Gasteiger partial charge in [-0.3, -0.25) is 14.5 Å². The number of imidazole rings is 1. The third-order valence-electron chi connectivity index (χ3n) is 4.17. The quantitative estimate of drug-likeness (QED) is 0.802. The van der Waals surface area contributed by atoms with Crippen molar-refractivity contribution in [1.82, 2.24) is 24.9 Å². The van der Waals surface area contributed by atoms with Gasteiger partial charge in [-0.05, 0) is 19.2 Å². The van der Waals surface area contributed by atoms with E-state index in [2.05, 4.69) is 15.6 Å². The Labute approximate surface area is 134 Å². The summed E-state index contributed by atoms with van der Waals surface area (Å²) in [4.78, 5) is 30.1. The minimum absolute atomic E-state index is 0.0734. The van der Waals surface area contributed by atoms with Gasteiger partial charge in [0, 0.05) is 44.1 Å². The van der Waals surface area contributed by atoms with E-state index in [-0.39, 0.29) is 24.3 Å². The molecule has 1 fully saturated rings. The van der Waals surface area contributed by atoms with E-state index in [0.29, 0.717) is 19.5 Å². The summed E-state index contributed by atoms with van der Waals surface area (Å²) in [6.45, 7) is 1.94. The molecule has 122 valence electrons. The third kappa shape index (κ3) is 3.50. The molecule has 0 bridgehead atoms. The van der Waals surface area contributed by atoms with Crippen LogP contribution in [0.3, 0.4) is 0 Å². The van der Waals surface area contributed by atoms with Crippen LogP contribution in [-0.4, -0.2) is 58.8 Å². The van der Waals surface area contributed by atoms with Crippen molar-refractivity contribution in [1.29, 1.82) is 0 Å². The van der Waals surface area contributed by atoms with Crippen molar-refractivity contribution >= 4 is 17.5 Å². The molecule has 3 rings (SSSR count). The highest BCUT2D eigenvalue weighted by Gasteiger charge is 2.28. The van der Waals surface area contributed by atoms with Crippen molar-refractivity contribution in [2.45, 2.75) is 18.9 Å². The number of aromatic nitrogens is 2. The van der Waals surface area contributed by atoms with Crippen molar-refractivity contribution in [3.8, 4) is 0 Å². The van der Waals surface area contributed by atoms with Crippen LogP contribution in [0.1, 0.15) is 12.1 Å². The average Bonchev–Trinajstić information content (AvgIpc) is 2.95. The van der Waals surface area contributed by atoms with Crippen LogP contribution in [0.15, 0.2) is 30.6 Å². The Morgan fingerprint density at radius 3 is 3.17 bits per heavy atom. The van der Waals surface area contributed by atoms with Crippen molar-refractivity contribution in [3.05, 3.63) is 36.3 Å². The van der Waals surface area contributed by atoms with Gasteiger partial charge < -0.3 is 15.0 Å². The standard InChI is InChI=1S/C16H21N5O2/c1-20-9-7-18-16(23)13(20)10-15(22)17-6-5-12-11-19-14-4-2-3-8-21(12)14/h2-4,8,11,13H,5-7,9-10H2,1H3,(H,17,22)(H,18,23). The fraction of sp³-hybridized carbons (Fsp3) is 0.438. The zero-order valence-corrected chi connectivity index (χ0v) is 13.2. The van der Waals surface area contributed by atoms with Crippen LogP contribution in [-0.2, 0) is 16.0 Å². The first-order valence-electron chi connectivity index (χ1n) is 7.81. The number of rotatable bonds is 5. The topological polar surface area (TPSA) is 78.7 Å². The van der Waals surface area contributed by atoms with Gasteiger partial charge in [-0.25, -0.2) is 4.98 Å². The van der Waals surface area contributed by atoms with Crippen molar-refractivity contribution in [2.75, 3.05) is 26.7 Å². The second-order valence-electron chi connectivity index (χ2n) is 5.77. The number of nitrogens with zero attached hydrogens (tertiary/aromatic N) is 3. The maximum absolute atomic E-state index is 12.1. The molecule has 0 spiro atoms. The Balaban J connectivity index is 1.50. The van der Waals surface area contributed by atoms with Gasteiger partial charge in [-0.1, -0.05) is 6.07 Å². The number of likely N-dealkylation sites (N-methyl/N-ethyl adjacent to an activating group) is 1. The van der Waals surface area contributed by atoms with E-state index < -0.39 is 0 Å². The predicted molar refractivity (Wildman–Crippen MR) is 86.0 cm³/mol. The number of hydrogen-bond acceptors (Lipinski definition) is 4. The first-order valence-corrected chi connectivity index (χ1v) is 7.81. The number of pyridine rings is 1. The Bertz CT molecular complexity index is 711. The fourth-order valence-electron chi connectivity index (χ4n) is 2.83. The lowest BCUT2D eigenvalue weighted by Gasteiger charge is -2.31. The van der Waals surface area contributed by atoms with E-state index in [1.807, 2.05) is 46.9 Å². The molecule has 7 nitrogen and oxygen atoms in total. The number of nitrogens with one attached hydrogen (secondary N) is 2. The minimum Gasteiger partial charge on any atom is -0.356 e. The predicted octanol–water partition coefficient (Wildman–Crippen LogP) is -0.187. The Kier molecular flexibility index (Phi) is 4.57. The highest BCUT2D eigenvalue weighted by Crippen LogP contribution is 2.07. The van der Waals surface area contributed by atoms with E-state index in [4.69, 9.17) is 0 Å². The summed E-state index contributed by atoms with van der Waals surface area (Å²) < 4.78 is 2.01. The molecular formula is C16H21N5O2. The monoisotopic (exact) mass is 315 g/mol. The van der Waals surface area contributed by atoms with Gasteiger partial charge in [-0.2, -0.15) is 0 Å². The first-order chi connectivity index (χ1) is 11.1. The Hall–Kier alpha value is -2.41. The maximum atomic E-state index is 12.1. The van der Waals surface area contributed by atoms with Crippen LogP contribution in [0.4, 0.5) is 0 Å². The lowest BCUT2D eigenvalue weighted by Crippen LogP contribution is -2.55. The van der Waals surface area contributed by atoms with Crippen molar-refractivity contribution in [2.24, 2.45) is 0 Å². The largest absolute Gasteiger partial charge is 0.356 e. The number of piperazine rings is 1. The Morgan fingerprint density at radius 2 is 2.35 bits per heavy atom. The SMILES string of the molecule is CN1CCNC(=O)C1CC(=O)NCCc1cnc2ccccn12. The number of carbonyl (C=O) groups is 2. The molecule has 0 radical (unpaired) electrons. The molecule has 1 aliphatic rings. The Morgan fingerprint density at radius 1 is 1.48 bits per heavy atom. The molecule has 0 aliphatic carbocycles. The van der Waals surface area contributed by atoms with E-state index >= 15 is 0 Å². The molecule has 1 unspecified atom stereocenters. The average molecular weight is 315 g/mol. The van der Waals surface area contributed by atoms with E-state index in [1.54, 1.807) is 0 Å². The maximum Gasteiger partial charge on any atom is 0.237 e. The smallest absolute Gasteiger partial charge is 0.237 e. The molecule has 2 aromatic rings. The highest BCUT2D eigenvalue weighted by molar-refractivity contribution is 5.88. The highest BCUT2D eigenvalue weighted by atomic mass is 16.2. The van der Waals surface area contributed by atoms with Crippen LogP contribution < -0.4 is 10.6 Å². The van der Waals surface area contributed by atoms with E-state index in [9.17, 15) is 9.59 Å².